The molecule has 0 spiro atoms. The maximum atomic E-state index is 5.54. The molecule has 3 nitrogen and oxygen atoms in total. The number of benzene rings is 1. The molecule has 0 aliphatic heterocycles. The highest BCUT2D eigenvalue weighted by molar-refractivity contribution is 5.15. The number of hydrogen-bond acceptors (Lipinski definition) is 3. The average Bonchev–Trinajstić information content (AvgIpc) is 2.34. The summed E-state index contributed by atoms with van der Waals surface area (Å²) in [5.41, 5.74) is 4.19. The number of nitrogens with two attached hydrogens (primary N) is 1. The summed E-state index contributed by atoms with van der Waals surface area (Å²) in [5, 5.41) is 0. The van der Waals surface area contributed by atoms with Gasteiger partial charge in [0.1, 0.15) is 0 Å². The minimum absolute atomic E-state index is 0.336. The largest absolute Gasteiger partial charge is 0.382 e. The van der Waals surface area contributed by atoms with E-state index in [1.54, 1.807) is 0 Å². The predicted molar refractivity (Wildman–Crippen MR) is 67.0 cm³/mol. The van der Waals surface area contributed by atoms with E-state index in [1.807, 2.05) is 13.0 Å². The average molecular weight is 222 g/mol. The van der Waals surface area contributed by atoms with Crippen LogP contribution in [0.5, 0.6) is 0 Å². The Bertz CT molecular complexity index is 264. The van der Waals surface area contributed by atoms with E-state index >= 15 is 0 Å². The van der Waals surface area contributed by atoms with E-state index < -0.39 is 0 Å². The molecule has 0 saturated heterocycles. The first kappa shape index (κ1) is 13.2. The summed E-state index contributed by atoms with van der Waals surface area (Å²) in [7, 11) is 0. The molecular weight excluding hydrogens is 200 g/mol. The highest BCUT2D eigenvalue weighted by Gasteiger charge is 2.06. The van der Waals surface area contributed by atoms with Crippen molar-refractivity contribution in [2.75, 3.05) is 13.2 Å². The van der Waals surface area contributed by atoms with Crippen molar-refractivity contribution in [3.05, 3.63) is 35.9 Å². The first-order chi connectivity index (χ1) is 7.86. The Balaban J connectivity index is 2.26. The Morgan fingerprint density at radius 1 is 1.31 bits per heavy atom. The highest BCUT2D eigenvalue weighted by atomic mass is 16.5. The van der Waals surface area contributed by atoms with E-state index in [1.165, 1.54) is 5.56 Å². The van der Waals surface area contributed by atoms with Gasteiger partial charge in [-0.25, -0.2) is 0 Å². The molecule has 0 heterocycles. The zero-order valence-corrected chi connectivity index (χ0v) is 9.99. The van der Waals surface area contributed by atoms with Gasteiger partial charge in [0, 0.05) is 19.3 Å². The Labute approximate surface area is 98.0 Å². The molecule has 1 atom stereocenters. The van der Waals surface area contributed by atoms with Gasteiger partial charge >= 0.3 is 0 Å². The summed E-state index contributed by atoms with van der Waals surface area (Å²) in [4.78, 5) is 0. The zero-order valence-electron chi connectivity index (χ0n) is 9.99. The number of hydrazine groups is 1. The van der Waals surface area contributed by atoms with Crippen molar-refractivity contribution in [2.24, 2.45) is 5.84 Å². The first-order valence-electron chi connectivity index (χ1n) is 5.94. The fourth-order valence-electron chi connectivity index (χ4n) is 1.72. The van der Waals surface area contributed by atoms with Gasteiger partial charge < -0.3 is 4.74 Å². The van der Waals surface area contributed by atoms with Crippen LogP contribution in [-0.2, 0) is 11.2 Å². The Hall–Kier alpha value is -0.900. The van der Waals surface area contributed by atoms with Crippen molar-refractivity contribution in [3.8, 4) is 0 Å². The van der Waals surface area contributed by atoms with Crippen molar-refractivity contribution < 1.29 is 4.74 Å². The van der Waals surface area contributed by atoms with Crippen LogP contribution < -0.4 is 11.3 Å². The van der Waals surface area contributed by atoms with E-state index in [4.69, 9.17) is 10.6 Å². The number of hydrogen-bond donors (Lipinski definition) is 2. The minimum Gasteiger partial charge on any atom is -0.382 e. The Morgan fingerprint density at radius 3 is 2.69 bits per heavy atom. The third-order valence-electron chi connectivity index (χ3n) is 2.61. The predicted octanol–water partition coefficient (Wildman–Crippen LogP) is 1.88. The lowest BCUT2D eigenvalue weighted by Gasteiger charge is -2.15. The molecule has 3 N–H and O–H groups in total. The van der Waals surface area contributed by atoms with Gasteiger partial charge in [-0.1, -0.05) is 30.3 Å². The van der Waals surface area contributed by atoms with Crippen molar-refractivity contribution >= 4 is 0 Å². The van der Waals surface area contributed by atoms with Crippen LogP contribution in [0.4, 0.5) is 0 Å². The van der Waals surface area contributed by atoms with Gasteiger partial charge in [0.2, 0.25) is 0 Å². The second-order valence-electron chi connectivity index (χ2n) is 3.89. The van der Waals surface area contributed by atoms with Gasteiger partial charge in [-0.3, -0.25) is 11.3 Å². The van der Waals surface area contributed by atoms with Gasteiger partial charge in [-0.05, 0) is 31.7 Å². The SMILES string of the molecule is CCOCCCC(Cc1ccccc1)NN. The molecule has 0 bridgehead atoms. The van der Waals surface area contributed by atoms with Gasteiger partial charge in [0.15, 0.2) is 0 Å². The summed E-state index contributed by atoms with van der Waals surface area (Å²) in [6.07, 6.45) is 3.07. The monoisotopic (exact) mass is 222 g/mol. The second-order valence-corrected chi connectivity index (χ2v) is 3.89. The Morgan fingerprint density at radius 2 is 2.06 bits per heavy atom. The highest BCUT2D eigenvalue weighted by Crippen LogP contribution is 2.07. The lowest BCUT2D eigenvalue weighted by atomic mass is 10.0. The van der Waals surface area contributed by atoms with E-state index in [0.29, 0.717) is 6.04 Å². The van der Waals surface area contributed by atoms with Crippen LogP contribution in [-0.4, -0.2) is 19.3 Å². The summed E-state index contributed by atoms with van der Waals surface area (Å²) in [5.74, 6) is 5.54. The van der Waals surface area contributed by atoms with Crippen LogP contribution in [0.25, 0.3) is 0 Å². The molecule has 1 unspecified atom stereocenters. The molecular formula is C13H22N2O. The lowest BCUT2D eigenvalue weighted by Crippen LogP contribution is -2.36. The molecule has 16 heavy (non-hydrogen) atoms. The van der Waals surface area contributed by atoms with Gasteiger partial charge in [0.25, 0.3) is 0 Å². The molecule has 0 fully saturated rings. The van der Waals surface area contributed by atoms with Crippen LogP contribution >= 0.6 is 0 Å². The normalized spacial score (nSPS) is 12.6. The van der Waals surface area contributed by atoms with Crippen LogP contribution in [0, 0.1) is 0 Å². The standard InChI is InChI=1S/C13H22N2O/c1-2-16-10-6-9-13(15-14)11-12-7-4-3-5-8-12/h3-5,7-8,13,15H,2,6,9-11,14H2,1H3. The van der Waals surface area contributed by atoms with Gasteiger partial charge in [-0.2, -0.15) is 0 Å². The molecule has 1 aromatic carbocycles. The maximum Gasteiger partial charge on any atom is 0.0466 e. The summed E-state index contributed by atoms with van der Waals surface area (Å²) in [6.45, 7) is 3.63. The van der Waals surface area contributed by atoms with Crippen LogP contribution in [0.2, 0.25) is 0 Å². The zero-order chi connectivity index (χ0) is 11.6. The van der Waals surface area contributed by atoms with E-state index in [0.717, 1.165) is 32.5 Å². The lowest BCUT2D eigenvalue weighted by molar-refractivity contribution is 0.140. The fraction of sp³-hybridized carbons (Fsp3) is 0.538. The third kappa shape index (κ3) is 5.26. The molecule has 0 aromatic heterocycles. The molecule has 0 aliphatic rings. The van der Waals surface area contributed by atoms with E-state index in [2.05, 4.69) is 29.7 Å². The Kier molecular flexibility index (Phi) is 6.81. The number of nitrogens with one attached hydrogen (secondary N) is 1. The van der Waals surface area contributed by atoms with Crippen molar-refractivity contribution in [2.45, 2.75) is 32.2 Å². The van der Waals surface area contributed by atoms with Crippen molar-refractivity contribution in [1.29, 1.82) is 0 Å². The van der Waals surface area contributed by atoms with Crippen LogP contribution in [0.1, 0.15) is 25.3 Å². The van der Waals surface area contributed by atoms with Crippen molar-refractivity contribution in [1.82, 2.24) is 5.43 Å². The molecule has 0 saturated carbocycles. The van der Waals surface area contributed by atoms with Crippen LogP contribution in [0.15, 0.2) is 30.3 Å². The summed E-state index contributed by atoms with van der Waals surface area (Å²) >= 11 is 0. The smallest absolute Gasteiger partial charge is 0.0466 e. The van der Waals surface area contributed by atoms with Gasteiger partial charge in [-0.15, -0.1) is 0 Å². The third-order valence-corrected chi connectivity index (χ3v) is 2.61. The number of rotatable bonds is 8. The molecule has 1 aromatic rings. The van der Waals surface area contributed by atoms with Gasteiger partial charge in [0.05, 0.1) is 0 Å². The van der Waals surface area contributed by atoms with Crippen molar-refractivity contribution in [3.63, 3.8) is 0 Å². The van der Waals surface area contributed by atoms with E-state index in [9.17, 15) is 0 Å². The fourth-order valence-corrected chi connectivity index (χ4v) is 1.72. The first-order valence-corrected chi connectivity index (χ1v) is 5.94. The molecule has 0 aliphatic carbocycles. The minimum atomic E-state index is 0.336. The molecule has 1 rings (SSSR count). The number of ether oxygens (including phenoxy) is 1. The topological polar surface area (TPSA) is 47.3 Å². The molecule has 0 radical (unpaired) electrons. The quantitative estimate of drug-likeness (QED) is 0.401. The molecule has 90 valence electrons. The second kappa shape index (κ2) is 8.28. The molecule has 0 amide bonds. The van der Waals surface area contributed by atoms with E-state index in [-0.39, 0.29) is 0 Å². The molecule has 3 heteroatoms. The summed E-state index contributed by atoms with van der Waals surface area (Å²) in [6, 6.07) is 10.7. The maximum absolute atomic E-state index is 5.54. The summed E-state index contributed by atoms with van der Waals surface area (Å²) < 4.78 is 5.31. The van der Waals surface area contributed by atoms with Crippen LogP contribution in [0.3, 0.4) is 0 Å².